The Morgan fingerprint density at radius 3 is 2.81 bits per heavy atom. The summed E-state index contributed by atoms with van der Waals surface area (Å²) in [5.41, 5.74) is 1.32. The summed E-state index contributed by atoms with van der Waals surface area (Å²) in [5, 5.41) is 6.82. The van der Waals surface area contributed by atoms with Crippen LogP contribution in [0.5, 0.6) is 0 Å². The van der Waals surface area contributed by atoms with Gasteiger partial charge in [0.25, 0.3) is 11.3 Å². The van der Waals surface area contributed by atoms with E-state index < -0.39 is 0 Å². The molecule has 0 spiro atoms. The number of fused-ring (bicyclic) bond motifs is 1. The largest absolute Gasteiger partial charge is 0.338 e. The minimum Gasteiger partial charge on any atom is -0.338 e. The van der Waals surface area contributed by atoms with Crippen LogP contribution in [-0.2, 0) is 0 Å². The lowest BCUT2D eigenvalue weighted by Gasteiger charge is -1.90. The lowest BCUT2D eigenvalue weighted by Crippen LogP contribution is -2.44. The van der Waals surface area contributed by atoms with E-state index in [1.807, 2.05) is 30.3 Å². The highest BCUT2D eigenvalue weighted by Gasteiger charge is 2.13. The lowest BCUT2D eigenvalue weighted by molar-refractivity contribution is -0.718. The summed E-state index contributed by atoms with van der Waals surface area (Å²) in [5.74, 6) is 0. The minimum atomic E-state index is -0.244. The van der Waals surface area contributed by atoms with Gasteiger partial charge in [-0.15, -0.1) is 0 Å². The molecule has 2 heterocycles. The maximum Gasteiger partial charge on any atom is 0.328 e. The number of imidazole rings is 1. The topological polar surface area (TPSA) is 78.3 Å². The molecule has 0 aliphatic heterocycles. The van der Waals surface area contributed by atoms with Crippen molar-refractivity contribution in [3.8, 4) is 5.69 Å². The standard InChI is InChI=1S/C10H7N5O/c16-10-8-9(12-6-11-8)13-15(14-10)7-4-2-1-3-5-7/h1-6H,(H,14,16)/p+1. The maximum atomic E-state index is 11.6. The zero-order valence-electron chi connectivity index (χ0n) is 8.21. The van der Waals surface area contributed by atoms with Gasteiger partial charge >= 0.3 is 5.56 Å². The summed E-state index contributed by atoms with van der Waals surface area (Å²) in [4.78, 5) is 19.7. The van der Waals surface area contributed by atoms with Crippen LogP contribution in [0, 0.1) is 0 Å². The van der Waals surface area contributed by atoms with Crippen molar-refractivity contribution in [2.45, 2.75) is 0 Å². The molecule has 0 aliphatic rings. The lowest BCUT2D eigenvalue weighted by atomic mass is 10.3. The molecule has 6 heteroatoms. The van der Waals surface area contributed by atoms with Crippen molar-refractivity contribution in [1.29, 1.82) is 0 Å². The van der Waals surface area contributed by atoms with Crippen molar-refractivity contribution in [3.63, 3.8) is 0 Å². The minimum absolute atomic E-state index is 0.244. The molecule has 78 valence electrons. The molecule has 2 N–H and O–H groups in total. The van der Waals surface area contributed by atoms with Crippen molar-refractivity contribution in [1.82, 2.24) is 20.2 Å². The van der Waals surface area contributed by atoms with Crippen LogP contribution in [0.3, 0.4) is 0 Å². The van der Waals surface area contributed by atoms with Gasteiger partial charge in [-0.05, 0) is 0 Å². The van der Waals surface area contributed by atoms with Crippen LogP contribution in [0.2, 0.25) is 0 Å². The summed E-state index contributed by atoms with van der Waals surface area (Å²) in [6.45, 7) is 0. The molecule has 0 amide bonds. The fraction of sp³-hybridized carbons (Fsp3) is 0. The molecule has 0 atom stereocenters. The molecule has 16 heavy (non-hydrogen) atoms. The molecule has 3 aromatic rings. The second-order valence-corrected chi connectivity index (χ2v) is 3.29. The first-order valence-electron chi connectivity index (χ1n) is 4.76. The summed E-state index contributed by atoms with van der Waals surface area (Å²) < 4.78 is 0. The van der Waals surface area contributed by atoms with E-state index in [2.05, 4.69) is 20.2 Å². The number of hydrogen-bond acceptors (Lipinski definition) is 3. The van der Waals surface area contributed by atoms with Crippen LogP contribution >= 0.6 is 0 Å². The van der Waals surface area contributed by atoms with Gasteiger partial charge in [-0.1, -0.05) is 23.3 Å². The molecule has 6 nitrogen and oxygen atoms in total. The van der Waals surface area contributed by atoms with Crippen LogP contribution in [0.1, 0.15) is 0 Å². The Morgan fingerprint density at radius 2 is 2.00 bits per heavy atom. The van der Waals surface area contributed by atoms with Crippen LogP contribution in [0.15, 0.2) is 41.5 Å². The molecule has 0 saturated carbocycles. The molecule has 0 saturated heterocycles. The van der Waals surface area contributed by atoms with Crippen LogP contribution in [0.4, 0.5) is 0 Å². The average molecular weight is 214 g/mol. The molecule has 2 aromatic heterocycles. The van der Waals surface area contributed by atoms with Crippen LogP contribution < -0.4 is 10.4 Å². The van der Waals surface area contributed by atoms with Gasteiger partial charge in [0, 0.05) is 16.9 Å². The third-order valence-electron chi connectivity index (χ3n) is 2.25. The van der Waals surface area contributed by atoms with Crippen LogP contribution in [-0.4, -0.2) is 20.2 Å². The van der Waals surface area contributed by atoms with Gasteiger partial charge in [0.2, 0.25) is 0 Å². The van der Waals surface area contributed by atoms with E-state index >= 15 is 0 Å². The Morgan fingerprint density at radius 1 is 1.19 bits per heavy atom. The van der Waals surface area contributed by atoms with Gasteiger partial charge in [-0.2, -0.15) is 0 Å². The van der Waals surface area contributed by atoms with E-state index in [-0.39, 0.29) is 5.56 Å². The van der Waals surface area contributed by atoms with Gasteiger partial charge in [0.1, 0.15) is 0 Å². The fourth-order valence-corrected chi connectivity index (χ4v) is 1.49. The maximum absolute atomic E-state index is 11.6. The Kier molecular flexibility index (Phi) is 1.79. The predicted molar refractivity (Wildman–Crippen MR) is 56.0 cm³/mol. The van der Waals surface area contributed by atoms with Crippen LogP contribution in [0.25, 0.3) is 16.9 Å². The zero-order chi connectivity index (χ0) is 11.0. The van der Waals surface area contributed by atoms with E-state index in [0.29, 0.717) is 11.2 Å². The molecule has 0 unspecified atom stereocenters. The molecule has 3 rings (SSSR count). The fourth-order valence-electron chi connectivity index (χ4n) is 1.49. The number of benzene rings is 1. The van der Waals surface area contributed by atoms with E-state index in [1.165, 1.54) is 11.1 Å². The summed E-state index contributed by atoms with van der Waals surface area (Å²) in [6.07, 6.45) is 1.45. The van der Waals surface area contributed by atoms with Gasteiger partial charge in [0.15, 0.2) is 5.52 Å². The normalized spacial score (nSPS) is 10.8. The number of aromatic nitrogens is 5. The molecular weight excluding hydrogens is 206 g/mol. The van der Waals surface area contributed by atoms with Crippen molar-refractivity contribution >= 4 is 11.2 Å². The molecule has 1 aromatic carbocycles. The van der Waals surface area contributed by atoms with E-state index in [0.717, 1.165) is 5.69 Å². The highest BCUT2D eigenvalue weighted by molar-refractivity contribution is 5.66. The van der Waals surface area contributed by atoms with Crippen molar-refractivity contribution < 1.29 is 4.80 Å². The Bertz CT molecular complexity index is 685. The Balaban J connectivity index is 2.30. The number of rotatable bonds is 1. The zero-order valence-corrected chi connectivity index (χ0v) is 8.21. The molecular formula is C10H8N5O+. The average Bonchev–Trinajstić information content (AvgIpc) is 2.79. The molecule has 0 aliphatic carbocycles. The molecule has 0 fully saturated rings. The number of H-pyrrole nitrogens is 2. The highest BCUT2D eigenvalue weighted by atomic mass is 16.1. The van der Waals surface area contributed by atoms with E-state index in [1.54, 1.807) is 0 Å². The molecule has 0 radical (unpaired) electrons. The van der Waals surface area contributed by atoms with E-state index in [9.17, 15) is 4.79 Å². The summed E-state index contributed by atoms with van der Waals surface area (Å²) in [7, 11) is 0. The SMILES string of the molecule is O=c1[nH][n+](-c2ccccc2)nc2nc[nH]c12. The monoisotopic (exact) mass is 214 g/mol. The van der Waals surface area contributed by atoms with Crippen molar-refractivity contribution in [2.75, 3.05) is 0 Å². The Labute approximate surface area is 89.6 Å². The number of aromatic amines is 2. The third kappa shape index (κ3) is 1.28. The first kappa shape index (κ1) is 8.78. The number of nitrogens with zero attached hydrogens (tertiary/aromatic N) is 3. The predicted octanol–water partition coefficient (Wildman–Crippen LogP) is -0.0771. The van der Waals surface area contributed by atoms with Crippen molar-refractivity contribution in [3.05, 3.63) is 47.0 Å². The summed E-state index contributed by atoms with van der Waals surface area (Å²) >= 11 is 0. The third-order valence-corrected chi connectivity index (χ3v) is 2.25. The second-order valence-electron chi connectivity index (χ2n) is 3.29. The number of hydrogen-bond donors (Lipinski definition) is 2. The smallest absolute Gasteiger partial charge is 0.328 e. The first-order valence-corrected chi connectivity index (χ1v) is 4.76. The van der Waals surface area contributed by atoms with Gasteiger partial charge < -0.3 is 4.98 Å². The second kappa shape index (κ2) is 3.27. The highest BCUT2D eigenvalue weighted by Crippen LogP contribution is 1.97. The van der Waals surface area contributed by atoms with Gasteiger partial charge in [-0.3, -0.25) is 4.79 Å². The number of nitrogens with one attached hydrogen (secondary N) is 2. The summed E-state index contributed by atoms with van der Waals surface area (Å²) in [6, 6.07) is 9.34. The van der Waals surface area contributed by atoms with Crippen molar-refractivity contribution in [2.24, 2.45) is 0 Å². The van der Waals surface area contributed by atoms with Gasteiger partial charge in [0.05, 0.1) is 11.4 Å². The van der Waals surface area contributed by atoms with Gasteiger partial charge in [-0.25, -0.2) is 4.98 Å². The quantitative estimate of drug-likeness (QED) is 0.556. The Hall–Kier alpha value is -2.50. The van der Waals surface area contributed by atoms with E-state index in [4.69, 9.17) is 0 Å². The molecule has 0 bridgehead atoms. The number of para-hydroxylation sites is 1. The first-order chi connectivity index (χ1) is 7.84.